The molecular weight excluding hydrogens is 300 g/mol. The van der Waals surface area contributed by atoms with Crippen LogP contribution in [0.3, 0.4) is 0 Å². The van der Waals surface area contributed by atoms with Gasteiger partial charge in [0.25, 0.3) is 5.91 Å². The summed E-state index contributed by atoms with van der Waals surface area (Å²) in [5, 5.41) is 6.78. The Balaban J connectivity index is 1.79. The van der Waals surface area contributed by atoms with Gasteiger partial charge in [0.1, 0.15) is 0 Å². The summed E-state index contributed by atoms with van der Waals surface area (Å²) in [6, 6.07) is 12.7. The third-order valence-corrected chi connectivity index (χ3v) is 3.49. The summed E-state index contributed by atoms with van der Waals surface area (Å²) >= 11 is 0. The zero-order valence-corrected chi connectivity index (χ0v) is 13.2. The van der Waals surface area contributed by atoms with E-state index in [1.165, 1.54) is 0 Å². The molecule has 3 rings (SSSR count). The van der Waals surface area contributed by atoms with Gasteiger partial charge in [0, 0.05) is 34.9 Å². The lowest BCUT2D eigenvalue weighted by atomic mass is 10.1. The molecule has 0 fully saturated rings. The lowest BCUT2D eigenvalue weighted by Gasteiger charge is -2.07. The van der Waals surface area contributed by atoms with E-state index in [0.29, 0.717) is 18.1 Å². The summed E-state index contributed by atoms with van der Waals surface area (Å²) in [4.78, 5) is 20.5. The molecule has 0 aliphatic rings. The fourth-order valence-electron chi connectivity index (χ4n) is 2.28. The number of nitrogens with one attached hydrogen (secondary N) is 2. The van der Waals surface area contributed by atoms with Gasteiger partial charge in [-0.15, -0.1) is 6.42 Å². The van der Waals surface area contributed by atoms with Crippen LogP contribution in [0, 0.1) is 12.3 Å². The Bertz CT molecular complexity index is 926. The summed E-state index contributed by atoms with van der Waals surface area (Å²) in [6.45, 7) is 2.49. The number of amides is 1. The minimum atomic E-state index is -0.0877. The van der Waals surface area contributed by atoms with Crippen LogP contribution in [0.5, 0.6) is 0 Å². The first-order valence-corrected chi connectivity index (χ1v) is 7.58. The first kappa shape index (κ1) is 15.5. The maximum atomic E-state index is 11.7. The molecule has 0 atom stereocenters. The molecule has 0 bridgehead atoms. The predicted molar refractivity (Wildman–Crippen MR) is 95.2 cm³/mol. The number of hydrogen-bond acceptors (Lipinski definition) is 4. The van der Waals surface area contributed by atoms with Crippen molar-refractivity contribution >= 4 is 28.4 Å². The highest BCUT2D eigenvalue weighted by Crippen LogP contribution is 2.18. The van der Waals surface area contributed by atoms with Crippen molar-refractivity contribution in [3.63, 3.8) is 0 Å². The number of hydrogen-bond donors (Lipinski definition) is 2. The van der Waals surface area contributed by atoms with E-state index in [2.05, 4.69) is 26.5 Å². The minimum Gasteiger partial charge on any atom is -0.352 e. The third-order valence-electron chi connectivity index (χ3n) is 3.49. The largest absolute Gasteiger partial charge is 0.352 e. The van der Waals surface area contributed by atoms with Crippen LogP contribution in [0.4, 0.5) is 11.6 Å². The Labute approximate surface area is 140 Å². The Kier molecular flexibility index (Phi) is 4.39. The molecule has 0 saturated heterocycles. The van der Waals surface area contributed by atoms with Crippen LogP contribution in [0.15, 0.2) is 48.7 Å². The van der Waals surface area contributed by atoms with Gasteiger partial charge in [0.2, 0.25) is 5.95 Å². The highest BCUT2D eigenvalue weighted by Gasteiger charge is 2.05. The second-order valence-electron chi connectivity index (χ2n) is 5.17. The normalized spacial score (nSPS) is 10.2. The zero-order chi connectivity index (χ0) is 16.9. The number of nitrogens with zero attached hydrogens (tertiary/aromatic N) is 2. The Morgan fingerprint density at radius 3 is 2.71 bits per heavy atom. The van der Waals surface area contributed by atoms with Crippen LogP contribution in [0.25, 0.3) is 10.9 Å². The molecule has 0 aliphatic carbocycles. The van der Waals surface area contributed by atoms with Crippen LogP contribution in [-0.2, 0) is 0 Å². The minimum absolute atomic E-state index is 0.0877. The smallest absolute Gasteiger partial charge is 0.251 e. The van der Waals surface area contributed by atoms with Crippen LogP contribution < -0.4 is 10.6 Å². The lowest BCUT2D eigenvalue weighted by molar-refractivity contribution is 0.0956. The monoisotopic (exact) mass is 316 g/mol. The van der Waals surface area contributed by atoms with Gasteiger partial charge >= 0.3 is 0 Å². The number of anilines is 2. The summed E-state index contributed by atoms with van der Waals surface area (Å²) in [5.41, 5.74) is 3.03. The Morgan fingerprint density at radius 2 is 2.00 bits per heavy atom. The molecule has 118 valence electrons. The van der Waals surface area contributed by atoms with Gasteiger partial charge in [-0.25, -0.2) is 9.97 Å². The second kappa shape index (κ2) is 6.80. The van der Waals surface area contributed by atoms with Crippen LogP contribution in [-0.4, -0.2) is 22.4 Å². The van der Waals surface area contributed by atoms with Gasteiger partial charge in [-0.3, -0.25) is 4.79 Å². The zero-order valence-electron chi connectivity index (χ0n) is 13.2. The Morgan fingerprint density at radius 1 is 1.21 bits per heavy atom. The first-order valence-electron chi connectivity index (χ1n) is 7.58. The van der Waals surface area contributed by atoms with E-state index < -0.39 is 0 Å². The first-order chi connectivity index (χ1) is 11.7. The number of benzene rings is 2. The van der Waals surface area contributed by atoms with Crippen LogP contribution in [0.1, 0.15) is 22.8 Å². The summed E-state index contributed by atoms with van der Waals surface area (Å²) in [5.74, 6) is 2.99. The molecule has 5 heteroatoms. The van der Waals surface area contributed by atoms with Gasteiger partial charge in [-0.1, -0.05) is 5.92 Å². The van der Waals surface area contributed by atoms with Crippen molar-refractivity contribution in [3.8, 4) is 12.3 Å². The highest BCUT2D eigenvalue weighted by molar-refractivity contribution is 5.94. The average Bonchev–Trinajstić information content (AvgIpc) is 2.62. The number of rotatable bonds is 4. The van der Waals surface area contributed by atoms with Gasteiger partial charge in [0.15, 0.2) is 0 Å². The molecule has 0 saturated carbocycles. The van der Waals surface area contributed by atoms with Crippen molar-refractivity contribution < 1.29 is 4.79 Å². The molecule has 0 radical (unpaired) electrons. The summed E-state index contributed by atoms with van der Waals surface area (Å²) in [7, 11) is 0. The van der Waals surface area contributed by atoms with E-state index in [4.69, 9.17) is 6.42 Å². The van der Waals surface area contributed by atoms with E-state index in [1.54, 1.807) is 18.3 Å². The third kappa shape index (κ3) is 3.33. The van der Waals surface area contributed by atoms with Gasteiger partial charge in [-0.05, 0) is 49.4 Å². The molecule has 0 unspecified atom stereocenters. The highest BCUT2D eigenvalue weighted by atomic mass is 16.1. The van der Waals surface area contributed by atoms with Gasteiger partial charge < -0.3 is 10.6 Å². The second-order valence-corrected chi connectivity index (χ2v) is 5.17. The van der Waals surface area contributed by atoms with E-state index in [-0.39, 0.29) is 5.91 Å². The molecule has 24 heavy (non-hydrogen) atoms. The van der Waals surface area contributed by atoms with Crippen molar-refractivity contribution in [2.24, 2.45) is 0 Å². The maximum Gasteiger partial charge on any atom is 0.251 e. The molecule has 2 N–H and O–H groups in total. The van der Waals surface area contributed by atoms with Crippen molar-refractivity contribution in [1.82, 2.24) is 15.3 Å². The molecule has 2 aromatic carbocycles. The molecule has 1 heterocycles. The fraction of sp³-hybridized carbons (Fsp3) is 0.105. The number of terminal acetylenes is 1. The topological polar surface area (TPSA) is 66.9 Å². The van der Waals surface area contributed by atoms with Crippen LogP contribution in [0.2, 0.25) is 0 Å². The molecule has 0 spiro atoms. The van der Waals surface area contributed by atoms with E-state index in [1.807, 2.05) is 37.3 Å². The van der Waals surface area contributed by atoms with Gasteiger partial charge in [-0.2, -0.15) is 0 Å². The number of fused-ring (bicyclic) bond motifs is 1. The molecule has 0 aliphatic heterocycles. The van der Waals surface area contributed by atoms with Crippen molar-refractivity contribution in [2.45, 2.75) is 6.92 Å². The quantitative estimate of drug-likeness (QED) is 0.726. The number of carbonyl (C=O) groups is 1. The standard InChI is InChI=1S/C19H16N4O/c1-3-13-5-10-17-15(11-13)12-21-19(23-17)22-16-8-6-14(7-9-16)18(24)20-4-2/h1,5-12H,4H2,2H3,(H,20,24)(H,21,22,23). The molecule has 1 amide bonds. The van der Waals surface area contributed by atoms with E-state index >= 15 is 0 Å². The predicted octanol–water partition coefficient (Wildman–Crippen LogP) is 3.10. The van der Waals surface area contributed by atoms with E-state index in [0.717, 1.165) is 22.2 Å². The SMILES string of the molecule is C#Cc1ccc2nc(Nc3ccc(C(=O)NCC)cc3)ncc2c1. The summed E-state index contributed by atoms with van der Waals surface area (Å²) < 4.78 is 0. The molecule has 1 aromatic heterocycles. The lowest BCUT2D eigenvalue weighted by Crippen LogP contribution is -2.22. The Hall–Kier alpha value is -3.39. The molecule has 3 aromatic rings. The van der Waals surface area contributed by atoms with E-state index in [9.17, 15) is 4.79 Å². The number of aromatic nitrogens is 2. The summed E-state index contributed by atoms with van der Waals surface area (Å²) in [6.07, 6.45) is 7.12. The molecular formula is C19H16N4O. The maximum absolute atomic E-state index is 11.7. The van der Waals surface area contributed by atoms with Crippen LogP contribution >= 0.6 is 0 Å². The van der Waals surface area contributed by atoms with Crippen molar-refractivity contribution in [3.05, 3.63) is 59.8 Å². The average molecular weight is 316 g/mol. The van der Waals surface area contributed by atoms with Crippen molar-refractivity contribution in [2.75, 3.05) is 11.9 Å². The van der Waals surface area contributed by atoms with Gasteiger partial charge in [0.05, 0.1) is 5.52 Å². The molecule has 5 nitrogen and oxygen atoms in total. The van der Waals surface area contributed by atoms with Crippen molar-refractivity contribution in [1.29, 1.82) is 0 Å². The fourth-order valence-corrected chi connectivity index (χ4v) is 2.28. The number of carbonyl (C=O) groups excluding carboxylic acids is 1.